The molecule has 1 heterocycles. The van der Waals surface area contributed by atoms with E-state index in [1.54, 1.807) is 0 Å². The van der Waals surface area contributed by atoms with Crippen molar-refractivity contribution in [2.24, 2.45) is 0 Å². The summed E-state index contributed by atoms with van der Waals surface area (Å²) in [6.45, 7) is 2.07. The molecular formula is C9H14I2NO2-. The minimum absolute atomic E-state index is 0.00954. The molecule has 0 radical (unpaired) electrons. The molecule has 1 aliphatic heterocycles. The van der Waals surface area contributed by atoms with Gasteiger partial charge in [-0.05, 0) is 0 Å². The van der Waals surface area contributed by atoms with Crippen molar-refractivity contribution in [3.8, 4) is 0 Å². The standard InChI is InChI=1S/C9H14I2NO2/c1-9(4-2-3-5-9)14-8(13)6(10)7-11-12-7/h6-7,12H,2-5H2,1H3/q-1/t6?,7-/m1/s1. The zero-order valence-corrected chi connectivity index (χ0v) is 12.4. The van der Waals surface area contributed by atoms with Crippen LogP contribution in [0.1, 0.15) is 32.6 Å². The Labute approximate surface area is 108 Å². The third-order valence-corrected chi connectivity index (χ3v) is 7.39. The molecule has 1 unspecified atom stereocenters. The number of carbonyl (C=O) groups is 1. The normalized spacial score (nSPS) is 31.7. The summed E-state index contributed by atoms with van der Waals surface area (Å²) < 4.78 is 9.35. The molecule has 0 aromatic rings. The number of ether oxygens (including phenoxy) is 1. The third-order valence-electron chi connectivity index (χ3n) is 2.73. The second kappa shape index (κ2) is 4.40. The molecule has 1 N–H and O–H groups in total. The van der Waals surface area contributed by atoms with Crippen LogP contribution in [0.15, 0.2) is 0 Å². The maximum atomic E-state index is 11.7. The topological polar surface area (TPSA) is 48.2 Å². The van der Waals surface area contributed by atoms with Crippen LogP contribution < -0.4 is 25.0 Å². The molecule has 1 aliphatic carbocycles. The first kappa shape index (κ1) is 11.4. The van der Waals surface area contributed by atoms with Crippen LogP contribution in [0.5, 0.6) is 0 Å². The molecule has 2 atom stereocenters. The number of esters is 1. The van der Waals surface area contributed by atoms with Gasteiger partial charge in [0.1, 0.15) is 0 Å². The van der Waals surface area contributed by atoms with E-state index < -0.39 is 0 Å². The fourth-order valence-corrected chi connectivity index (χ4v) is 4.87. The predicted molar refractivity (Wildman–Crippen MR) is 57.7 cm³/mol. The summed E-state index contributed by atoms with van der Waals surface area (Å²) in [7, 11) is 0. The van der Waals surface area contributed by atoms with E-state index in [-0.39, 0.29) is 37.0 Å². The van der Waals surface area contributed by atoms with E-state index in [4.69, 9.17) is 4.74 Å². The third kappa shape index (κ3) is 2.72. The Bertz CT molecular complexity index is 237. The molecule has 1 saturated heterocycles. The zero-order valence-electron chi connectivity index (χ0n) is 8.06. The Kier molecular flexibility index (Phi) is 3.58. The Morgan fingerprint density at radius 2 is 2.21 bits per heavy atom. The molecule has 0 aromatic carbocycles. The van der Waals surface area contributed by atoms with E-state index in [9.17, 15) is 4.79 Å². The Morgan fingerprint density at radius 3 is 2.71 bits per heavy atom. The number of rotatable bonds is 3. The summed E-state index contributed by atoms with van der Waals surface area (Å²) in [6.07, 6.45) is 4.47. The van der Waals surface area contributed by atoms with Crippen molar-refractivity contribution in [2.45, 2.75) is 46.2 Å². The van der Waals surface area contributed by atoms with Crippen LogP contribution in [0.4, 0.5) is 0 Å². The van der Waals surface area contributed by atoms with Crippen molar-refractivity contribution >= 4 is 28.6 Å². The van der Waals surface area contributed by atoms with Crippen LogP contribution in [-0.2, 0) is 9.53 Å². The molecule has 14 heavy (non-hydrogen) atoms. The van der Waals surface area contributed by atoms with Gasteiger partial charge in [0, 0.05) is 0 Å². The summed E-state index contributed by atoms with van der Waals surface area (Å²) in [5.74, 6) is -0.00954. The molecule has 2 fully saturated rings. The first-order chi connectivity index (χ1) is 6.61. The summed E-state index contributed by atoms with van der Waals surface area (Å²) in [6, 6.07) is 0. The van der Waals surface area contributed by atoms with Gasteiger partial charge in [-0.2, -0.15) is 0 Å². The number of hydrogen-bond donors (Lipinski definition) is 1. The Morgan fingerprint density at radius 1 is 1.64 bits per heavy atom. The SMILES string of the molecule is CC1(OC(=O)C(I)[C@H]2N[I-]2)CCCC1. The average molecular weight is 422 g/mol. The molecule has 0 spiro atoms. The number of halogens is 2. The first-order valence-corrected chi connectivity index (χ1v) is 8.43. The summed E-state index contributed by atoms with van der Waals surface area (Å²) >= 11 is 2.31. The van der Waals surface area contributed by atoms with Crippen molar-refractivity contribution in [3.05, 3.63) is 0 Å². The molecule has 2 rings (SSSR count). The van der Waals surface area contributed by atoms with E-state index in [0.29, 0.717) is 4.05 Å². The zero-order chi connectivity index (χ0) is 10.2. The van der Waals surface area contributed by atoms with Crippen molar-refractivity contribution in [2.75, 3.05) is 0 Å². The second-order valence-electron chi connectivity index (χ2n) is 4.10. The van der Waals surface area contributed by atoms with Crippen LogP contribution in [0.25, 0.3) is 0 Å². The van der Waals surface area contributed by atoms with E-state index >= 15 is 0 Å². The van der Waals surface area contributed by atoms with E-state index in [0.717, 1.165) is 12.8 Å². The first-order valence-electron chi connectivity index (χ1n) is 4.86. The van der Waals surface area contributed by atoms with E-state index in [2.05, 4.69) is 33.0 Å². The quantitative estimate of drug-likeness (QED) is 0.152. The molecule has 3 nitrogen and oxygen atoms in total. The molecule has 5 heteroatoms. The number of alkyl halides is 2. The Hall–Kier alpha value is 0.890. The molecule has 0 aromatic heterocycles. The van der Waals surface area contributed by atoms with Crippen molar-refractivity contribution in [1.29, 1.82) is 0 Å². The van der Waals surface area contributed by atoms with Crippen molar-refractivity contribution in [3.63, 3.8) is 0 Å². The van der Waals surface area contributed by atoms with Gasteiger partial charge in [0.15, 0.2) is 0 Å². The Balaban J connectivity index is 1.86. The van der Waals surface area contributed by atoms with E-state index in [1.807, 2.05) is 0 Å². The minimum atomic E-state index is -0.159. The van der Waals surface area contributed by atoms with Gasteiger partial charge < -0.3 is 0 Å². The van der Waals surface area contributed by atoms with Crippen molar-refractivity contribution in [1.82, 2.24) is 3.53 Å². The molecular weight excluding hydrogens is 408 g/mol. The van der Waals surface area contributed by atoms with Gasteiger partial charge in [0.05, 0.1) is 0 Å². The predicted octanol–water partition coefficient (Wildman–Crippen LogP) is -1.40. The van der Waals surface area contributed by atoms with Gasteiger partial charge in [-0.3, -0.25) is 0 Å². The fraction of sp³-hybridized carbons (Fsp3) is 0.889. The van der Waals surface area contributed by atoms with Gasteiger partial charge in [-0.25, -0.2) is 0 Å². The molecule has 2 aliphatic rings. The van der Waals surface area contributed by atoms with Gasteiger partial charge in [0.2, 0.25) is 0 Å². The van der Waals surface area contributed by atoms with Crippen LogP contribution in [-0.4, -0.2) is 19.5 Å². The molecule has 1 saturated carbocycles. The van der Waals surface area contributed by atoms with Gasteiger partial charge in [-0.15, -0.1) is 0 Å². The average Bonchev–Trinajstić information content (AvgIpc) is 2.89. The van der Waals surface area contributed by atoms with Gasteiger partial charge >= 0.3 is 109 Å². The molecule has 0 amide bonds. The fourth-order valence-electron chi connectivity index (χ4n) is 1.79. The number of carbonyl (C=O) groups excluding carboxylic acids is 1. The second-order valence-corrected chi connectivity index (χ2v) is 8.03. The van der Waals surface area contributed by atoms with Crippen LogP contribution in [0.3, 0.4) is 0 Å². The number of hydrogen-bond acceptors (Lipinski definition) is 3. The van der Waals surface area contributed by atoms with Crippen LogP contribution in [0, 0.1) is 0 Å². The van der Waals surface area contributed by atoms with Gasteiger partial charge in [0.25, 0.3) is 0 Å². The van der Waals surface area contributed by atoms with Crippen LogP contribution >= 0.6 is 22.6 Å². The van der Waals surface area contributed by atoms with Crippen LogP contribution in [0.2, 0.25) is 0 Å². The van der Waals surface area contributed by atoms with E-state index in [1.165, 1.54) is 12.8 Å². The van der Waals surface area contributed by atoms with Crippen molar-refractivity contribution < 1.29 is 31.0 Å². The monoisotopic (exact) mass is 422 g/mol. The van der Waals surface area contributed by atoms with Gasteiger partial charge in [-0.1, -0.05) is 0 Å². The maximum absolute atomic E-state index is 11.7. The summed E-state index contributed by atoms with van der Waals surface area (Å²) in [5, 5.41) is 0. The summed E-state index contributed by atoms with van der Waals surface area (Å²) in [4.78, 5) is 11.7. The molecule has 82 valence electrons. The number of nitrogens with one attached hydrogen (secondary N) is 1. The summed E-state index contributed by atoms with van der Waals surface area (Å²) in [5.41, 5.74) is -0.159. The molecule has 0 bridgehead atoms.